The van der Waals surface area contributed by atoms with Crippen molar-refractivity contribution >= 4 is 28.4 Å². The average molecular weight is 369 g/mol. The summed E-state index contributed by atoms with van der Waals surface area (Å²) in [5, 5.41) is 10.9. The van der Waals surface area contributed by atoms with Gasteiger partial charge in [0.15, 0.2) is 5.76 Å². The van der Waals surface area contributed by atoms with Gasteiger partial charge in [0, 0.05) is 17.0 Å². The van der Waals surface area contributed by atoms with Crippen molar-refractivity contribution < 1.29 is 14.3 Å². The first-order valence-corrected chi connectivity index (χ1v) is 8.70. The second kappa shape index (κ2) is 6.59. The number of fused-ring (bicyclic) bond motifs is 1. The number of pyridine rings is 1. The Bertz CT molecular complexity index is 1010. The van der Waals surface area contributed by atoms with Crippen molar-refractivity contribution in [3.05, 3.63) is 64.9 Å². The molecule has 4 rings (SSSR count). The molecule has 0 aliphatic carbocycles. The number of carbonyl (C=O) groups excluding carboxylic acids is 1. The molecule has 132 valence electrons. The zero-order valence-electron chi connectivity index (χ0n) is 14.1. The average Bonchev–Trinajstić information content (AvgIpc) is 3.35. The maximum absolute atomic E-state index is 13.2. The lowest BCUT2D eigenvalue weighted by atomic mass is 10.0. The summed E-state index contributed by atoms with van der Waals surface area (Å²) in [4.78, 5) is 19.5. The Balaban J connectivity index is 1.92. The van der Waals surface area contributed by atoms with Crippen LogP contribution < -0.4 is 0 Å². The smallest absolute Gasteiger partial charge is 0.255 e. The van der Waals surface area contributed by atoms with Gasteiger partial charge in [0.05, 0.1) is 30.0 Å². The monoisotopic (exact) mass is 368 g/mol. The van der Waals surface area contributed by atoms with E-state index in [-0.39, 0.29) is 18.6 Å². The molecule has 1 aliphatic heterocycles. The zero-order chi connectivity index (χ0) is 18.3. The molecule has 0 fully saturated rings. The van der Waals surface area contributed by atoms with Crippen molar-refractivity contribution in [3.8, 4) is 11.5 Å². The number of furan rings is 1. The topological polar surface area (TPSA) is 66.6 Å². The van der Waals surface area contributed by atoms with Crippen LogP contribution in [-0.4, -0.2) is 40.1 Å². The fourth-order valence-corrected chi connectivity index (χ4v) is 3.40. The summed E-state index contributed by atoms with van der Waals surface area (Å²) in [5.41, 5.74) is 2.57. The van der Waals surface area contributed by atoms with Crippen molar-refractivity contribution in [2.75, 3.05) is 13.2 Å². The van der Waals surface area contributed by atoms with Crippen LogP contribution in [0.4, 0.5) is 0 Å². The summed E-state index contributed by atoms with van der Waals surface area (Å²) in [5.74, 6) is 0.426. The van der Waals surface area contributed by atoms with Gasteiger partial charge in [0.2, 0.25) is 0 Å². The molecule has 0 bridgehead atoms. The van der Waals surface area contributed by atoms with Gasteiger partial charge in [-0.15, -0.1) is 0 Å². The number of rotatable bonds is 3. The predicted octanol–water partition coefficient (Wildman–Crippen LogP) is 3.83. The van der Waals surface area contributed by atoms with Crippen molar-refractivity contribution in [2.45, 2.75) is 13.0 Å². The number of aromatic nitrogens is 1. The van der Waals surface area contributed by atoms with Gasteiger partial charge in [0.25, 0.3) is 5.91 Å². The maximum Gasteiger partial charge on any atom is 0.255 e. The van der Waals surface area contributed by atoms with E-state index in [9.17, 15) is 9.90 Å². The number of carbonyl (C=O) groups is 1. The fourth-order valence-electron chi connectivity index (χ4n) is 3.25. The largest absolute Gasteiger partial charge is 0.463 e. The Morgan fingerprint density at radius 3 is 3.00 bits per heavy atom. The van der Waals surface area contributed by atoms with E-state index in [1.165, 1.54) is 0 Å². The van der Waals surface area contributed by atoms with E-state index in [4.69, 9.17) is 16.0 Å². The van der Waals surface area contributed by atoms with E-state index in [0.717, 1.165) is 10.9 Å². The summed E-state index contributed by atoms with van der Waals surface area (Å²) in [6.07, 6.45) is 5.30. The first-order valence-electron chi connectivity index (χ1n) is 8.32. The molecule has 5 nitrogen and oxygen atoms in total. The first kappa shape index (κ1) is 16.8. The first-order chi connectivity index (χ1) is 12.6. The molecule has 1 aromatic carbocycles. The zero-order valence-corrected chi connectivity index (χ0v) is 14.9. The highest BCUT2D eigenvalue weighted by Gasteiger charge is 2.27. The lowest BCUT2D eigenvalue weighted by Crippen LogP contribution is -2.38. The van der Waals surface area contributed by atoms with Gasteiger partial charge in [-0.25, -0.2) is 4.98 Å². The minimum absolute atomic E-state index is 0.110. The molecule has 1 aliphatic rings. The minimum atomic E-state index is -0.314. The van der Waals surface area contributed by atoms with Crippen LogP contribution in [0.3, 0.4) is 0 Å². The van der Waals surface area contributed by atoms with Crippen molar-refractivity contribution in [1.82, 2.24) is 9.88 Å². The Labute approximate surface area is 155 Å². The van der Waals surface area contributed by atoms with Gasteiger partial charge in [-0.3, -0.25) is 4.79 Å². The van der Waals surface area contributed by atoms with Gasteiger partial charge < -0.3 is 14.4 Å². The molecule has 1 atom stereocenters. The number of amides is 1. The highest BCUT2D eigenvalue weighted by molar-refractivity contribution is 6.32. The molecule has 0 radical (unpaired) electrons. The molecule has 6 heteroatoms. The summed E-state index contributed by atoms with van der Waals surface area (Å²) in [7, 11) is 0. The number of aliphatic hydroxyl groups excluding tert-OH is 1. The van der Waals surface area contributed by atoms with Crippen LogP contribution in [0.1, 0.15) is 15.9 Å². The van der Waals surface area contributed by atoms with E-state index in [0.29, 0.717) is 34.1 Å². The second-order valence-electron chi connectivity index (χ2n) is 6.24. The molecular weight excluding hydrogens is 352 g/mol. The van der Waals surface area contributed by atoms with Crippen LogP contribution in [0, 0.1) is 6.92 Å². The number of hydrogen-bond acceptors (Lipinski definition) is 4. The summed E-state index contributed by atoms with van der Waals surface area (Å²) < 4.78 is 5.47. The molecule has 3 aromatic rings. The molecule has 3 heterocycles. The highest BCUT2D eigenvalue weighted by Crippen LogP contribution is 2.31. The van der Waals surface area contributed by atoms with Gasteiger partial charge in [-0.2, -0.15) is 0 Å². The van der Waals surface area contributed by atoms with E-state index >= 15 is 0 Å². The van der Waals surface area contributed by atoms with Crippen molar-refractivity contribution in [1.29, 1.82) is 0 Å². The summed E-state index contributed by atoms with van der Waals surface area (Å²) in [6, 6.07) is 8.59. The molecule has 1 N–H and O–H groups in total. The molecule has 0 saturated heterocycles. The fraction of sp³-hybridized carbons (Fsp3) is 0.200. The Morgan fingerprint density at radius 1 is 1.42 bits per heavy atom. The van der Waals surface area contributed by atoms with E-state index in [1.54, 1.807) is 35.4 Å². The molecule has 1 amide bonds. The van der Waals surface area contributed by atoms with Gasteiger partial charge >= 0.3 is 0 Å². The number of hydrogen-bond donors (Lipinski definition) is 1. The lowest BCUT2D eigenvalue weighted by molar-refractivity contribution is 0.0702. The van der Waals surface area contributed by atoms with Crippen LogP contribution in [-0.2, 0) is 0 Å². The van der Waals surface area contributed by atoms with E-state index in [1.807, 2.05) is 25.1 Å². The van der Waals surface area contributed by atoms with Crippen LogP contribution in [0.15, 0.2) is 53.2 Å². The third kappa shape index (κ3) is 2.69. The van der Waals surface area contributed by atoms with Gasteiger partial charge in [-0.05, 0) is 36.8 Å². The standard InChI is InChI=1S/C20H17ClN2O3/c1-12-16(21)7-6-14-15(20(25)23-8-2-4-13(23)11-24)10-17(22-19(12)14)18-5-3-9-26-18/h2-7,9-10,13,24H,8,11H2,1H3. The predicted molar refractivity (Wildman–Crippen MR) is 100 cm³/mol. The number of aliphatic hydroxyl groups is 1. The lowest BCUT2D eigenvalue weighted by Gasteiger charge is -2.24. The summed E-state index contributed by atoms with van der Waals surface area (Å²) in [6.45, 7) is 2.24. The molecule has 26 heavy (non-hydrogen) atoms. The Hall–Kier alpha value is -2.63. The van der Waals surface area contributed by atoms with Crippen LogP contribution in [0.5, 0.6) is 0 Å². The Morgan fingerprint density at radius 2 is 2.27 bits per heavy atom. The normalized spacial score (nSPS) is 16.6. The Kier molecular flexibility index (Phi) is 4.26. The summed E-state index contributed by atoms with van der Waals surface area (Å²) >= 11 is 6.27. The number of halogens is 1. The van der Waals surface area contributed by atoms with Gasteiger partial charge in [0.1, 0.15) is 5.69 Å². The quantitative estimate of drug-likeness (QED) is 0.713. The third-order valence-electron chi connectivity index (χ3n) is 4.68. The second-order valence-corrected chi connectivity index (χ2v) is 6.64. The van der Waals surface area contributed by atoms with Crippen molar-refractivity contribution in [2.24, 2.45) is 0 Å². The SMILES string of the molecule is Cc1c(Cl)ccc2c(C(=O)N3CC=CC3CO)cc(-c3ccco3)nc12. The number of nitrogens with zero attached hydrogens (tertiary/aromatic N) is 2. The highest BCUT2D eigenvalue weighted by atomic mass is 35.5. The third-order valence-corrected chi connectivity index (χ3v) is 5.09. The van der Waals surface area contributed by atoms with E-state index in [2.05, 4.69) is 4.98 Å². The van der Waals surface area contributed by atoms with Crippen molar-refractivity contribution in [3.63, 3.8) is 0 Å². The van der Waals surface area contributed by atoms with Crippen LogP contribution >= 0.6 is 11.6 Å². The molecular formula is C20H17ClN2O3. The van der Waals surface area contributed by atoms with Crippen LogP contribution in [0.2, 0.25) is 5.02 Å². The molecule has 0 saturated carbocycles. The van der Waals surface area contributed by atoms with Crippen LogP contribution in [0.25, 0.3) is 22.4 Å². The van der Waals surface area contributed by atoms with E-state index < -0.39 is 0 Å². The minimum Gasteiger partial charge on any atom is -0.463 e. The maximum atomic E-state index is 13.2. The number of benzene rings is 1. The molecule has 2 aromatic heterocycles. The number of aryl methyl sites for hydroxylation is 1. The van der Waals surface area contributed by atoms with Gasteiger partial charge in [-0.1, -0.05) is 29.8 Å². The molecule has 0 spiro atoms. The molecule has 1 unspecified atom stereocenters.